The monoisotopic (exact) mass is 230 g/mol. The normalized spacial score (nSPS) is 12.1. The number of benzene rings is 1. The third-order valence-corrected chi connectivity index (χ3v) is 2.51. The van der Waals surface area contributed by atoms with Crippen LogP contribution in [-0.2, 0) is 0 Å². The molecule has 0 saturated carbocycles. The molecule has 2 rings (SSSR count). The van der Waals surface area contributed by atoms with Crippen molar-refractivity contribution in [2.24, 2.45) is 0 Å². The molecule has 4 heteroatoms. The third kappa shape index (κ3) is 2.54. The van der Waals surface area contributed by atoms with Gasteiger partial charge in [0.05, 0.1) is 13.3 Å². The van der Waals surface area contributed by atoms with Gasteiger partial charge in [-0.1, -0.05) is 12.1 Å². The van der Waals surface area contributed by atoms with Crippen LogP contribution in [0.1, 0.15) is 17.2 Å². The quantitative estimate of drug-likeness (QED) is 0.788. The summed E-state index contributed by atoms with van der Waals surface area (Å²) in [7, 11) is 1.56. The Morgan fingerprint density at radius 2 is 2.06 bits per heavy atom. The SMILES string of the molecule is COc1cncc(C(O)c2cccc(N)c2)c1. The molecular weight excluding hydrogens is 216 g/mol. The highest BCUT2D eigenvalue weighted by molar-refractivity contribution is 5.43. The number of nitrogen functional groups attached to an aromatic ring is 1. The highest BCUT2D eigenvalue weighted by atomic mass is 16.5. The molecule has 0 spiro atoms. The average Bonchev–Trinajstić information content (AvgIpc) is 2.38. The van der Waals surface area contributed by atoms with E-state index in [1.807, 2.05) is 12.1 Å². The first-order valence-corrected chi connectivity index (χ1v) is 5.23. The van der Waals surface area contributed by atoms with Gasteiger partial charge in [0.25, 0.3) is 0 Å². The first-order chi connectivity index (χ1) is 8.20. The van der Waals surface area contributed by atoms with E-state index in [1.54, 1.807) is 37.7 Å². The number of methoxy groups -OCH3 is 1. The van der Waals surface area contributed by atoms with Crippen LogP contribution < -0.4 is 10.5 Å². The van der Waals surface area contributed by atoms with Crippen LogP contribution >= 0.6 is 0 Å². The molecule has 1 aromatic heterocycles. The minimum absolute atomic E-state index is 0.616. The van der Waals surface area contributed by atoms with Gasteiger partial charge >= 0.3 is 0 Å². The number of anilines is 1. The Bertz CT molecular complexity index is 514. The van der Waals surface area contributed by atoms with Crippen LogP contribution in [0.25, 0.3) is 0 Å². The maximum Gasteiger partial charge on any atom is 0.137 e. The van der Waals surface area contributed by atoms with Crippen molar-refractivity contribution in [3.8, 4) is 5.75 Å². The summed E-state index contributed by atoms with van der Waals surface area (Å²) in [6, 6.07) is 8.90. The van der Waals surface area contributed by atoms with Crippen LogP contribution in [0.3, 0.4) is 0 Å². The molecule has 1 atom stereocenters. The molecule has 0 fully saturated rings. The van der Waals surface area contributed by atoms with E-state index < -0.39 is 6.10 Å². The van der Waals surface area contributed by atoms with Gasteiger partial charge in [-0.25, -0.2) is 0 Å². The molecule has 3 N–H and O–H groups in total. The van der Waals surface area contributed by atoms with E-state index in [4.69, 9.17) is 10.5 Å². The van der Waals surface area contributed by atoms with Gasteiger partial charge in [-0.15, -0.1) is 0 Å². The van der Waals surface area contributed by atoms with Gasteiger partial charge < -0.3 is 15.6 Å². The summed E-state index contributed by atoms with van der Waals surface area (Å²) in [6.07, 6.45) is 2.45. The summed E-state index contributed by atoms with van der Waals surface area (Å²) in [5.41, 5.74) is 7.71. The molecule has 0 aliphatic carbocycles. The van der Waals surface area contributed by atoms with E-state index >= 15 is 0 Å². The van der Waals surface area contributed by atoms with Gasteiger partial charge in [-0.3, -0.25) is 4.98 Å². The molecule has 88 valence electrons. The van der Waals surface area contributed by atoms with E-state index in [1.165, 1.54) is 0 Å². The van der Waals surface area contributed by atoms with Gasteiger partial charge in [0.15, 0.2) is 0 Å². The van der Waals surface area contributed by atoms with E-state index in [0.717, 1.165) is 5.56 Å². The Balaban J connectivity index is 2.33. The molecule has 0 amide bonds. The van der Waals surface area contributed by atoms with Crippen LogP contribution in [0, 0.1) is 0 Å². The van der Waals surface area contributed by atoms with E-state index in [0.29, 0.717) is 17.0 Å². The topological polar surface area (TPSA) is 68.4 Å². The van der Waals surface area contributed by atoms with Crippen LogP contribution in [0.15, 0.2) is 42.7 Å². The second kappa shape index (κ2) is 4.84. The van der Waals surface area contributed by atoms with Crippen molar-refractivity contribution in [3.63, 3.8) is 0 Å². The van der Waals surface area contributed by atoms with Crippen molar-refractivity contribution in [3.05, 3.63) is 53.9 Å². The predicted octanol–water partition coefficient (Wildman–Crippen LogP) is 1.75. The third-order valence-electron chi connectivity index (χ3n) is 2.51. The number of ether oxygens (including phenoxy) is 1. The molecule has 1 unspecified atom stereocenters. The van der Waals surface area contributed by atoms with E-state index in [-0.39, 0.29) is 0 Å². The van der Waals surface area contributed by atoms with Crippen molar-refractivity contribution in [2.75, 3.05) is 12.8 Å². The summed E-state index contributed by atoms with van der Waals surface area (Å²) in [6.45, 7) is 0. The maximum atomic E-state index is 10.2. The molecule has 1 heterocycles. The highest BCUT2D eigenvalue weighted by Gasteiger charge is 2.11. The molecule has 1 aromatic carbocycles. The number of aliphatic hydroxyl groups excluding tert-OH is 1. The lowest BCUT2D eigenvalue weighted by molar-refractivity contribution is 0.219. The Morgan fingerprint density at radius 3 is 2.76 bits per heavy atom. The number of hydrogen-bond donors (Lipinski definition) is 2. The fourth-order valence-electron chi connectivity index (χ4n) is 1.62. The number of nitrogens with two attached hydrogens (primary N) is 1. The van der Waals surface area contributed by atoms with Crippen molar-refractivity contribution >= 4 is 5.69 Å². The molecule has 0 saturated heterocycles. The smallest absolute Gasteiger partial charge is 0.137 e. The maximum absolute atomic E-state index is 10.2. The second-order valence-electron chi connectivity index (χ2n) is 3.73. The largest absolute Gasteiger partial charge is 0.495 e. The first kappa shape index (κ1) is 11.4. The van der Waals surface area contributed by atoms with Crippen molar-refractivity contribution in [1.82, 2.24) is 4.98 Å². The highest BCUT2D eigenvalue weighted by Crippen LogP contribution is 2.24. The zero-order chi connectivity index (χ0) is 12.3. The molecule has 0 aliphatic rings. The fourth-order valence-corrected chi connectivity index (χ4v) is 1.62. The zero-order valence-corrected chi connectivity index (χ0v) is 9.50. The van der Waals surface area contributed by atoms with Crippen molar-refractivity contribution in [2.45, 2.75) is 6.10 Å². The molecular formula is C13H14N2O2. The summed E-state index contributed by atoms with van der Waals surface area (Å²) in [4.78, 5) is 4.01. The van der Waals surface area contributed by atoms with Gasteiger partial charge in [0.1, 0.15) is 11.9 Å². The summed E-state index contributed by atoms with van der Waals surface area (Å²) < 4.78 is 5.07. The number of aromatic nitrogens is 1. The standard InChI is InChI=1S/C13H14N2O2/c1-17-12-6-10(7-15-8-12)13(16)9-3-2-4-11(14)5-9/h2-8,13,16H,14H2,1H3. The Morgan fingerprint density at radius 1 is 1.24 bits per heavy atom. The molecule has 0 bridgehead atoms. The van der Waals surface area contributed by atoms with Crippen LogP contribution in [0.4, 0.5) is 5.69 Å². The van der Waals surface area contributed by atoms with Gasteiger partial charge in [-0.05, 0) is 23.8 Å². The lowest BCUT2D eigenvalue weighted by atomic mass is 10.0. The number of rotatable bonds is 3. The summed E-state index contributed by atoms with van der Waals surface area (Å²) >= 11 is 0. The van der Waals surface area contributed by atoms with E-state index in [9.17, 15) is 5.11 Å². The minimum Gasteiger partial charge on any atom is -0.495 e. The molecule has 17 heavy (non-hydrogen) atoms. The lowest BCUT2D eigenvalue weighted by Crippen LogP contribution is -2.01. The van der Waals surface area contributed by atoms with Crippen LogP contribution in [0.5, 0.6) is 5.75 Å². The van der Waals surface area contributed by atoms with Gasteiger partial charge in [0.2, 0.25) is 0 Å². The van der Waals surface area contributed by atoms with Crippen LogP contribution in [0.2, 0.25) is 0 Å². The summed E-state index contributed by atoms with van der Waals surface area (Å²) in [5, 5.41) is 10.2. The van der Waals surface area contributed by atoms with Crippen LogP contribution in [-0.4, -0.2) is 17.2 Å². The number of hydrogen-bond acceptors (Lipinski definition) is 4. The number of pyridine rings is 1. The minimum atomic E-state index is -0.749. The Labute approximate surface area is 99.7 Å². The Kier molecular flexibility index (Phi) is 3.25. The summed E-state index contributed by atoms with van der Waals surface area (Å²) in [5.74, 6) is 0.616. The van der Waals surface area contributed by atoms with Crippen molar-refractivity contribution < 1.29 is 9.84 Å². The molecule has 2 aromatic rings. The molecule has 0 radical (unpaired) electrons. The number of nitrogens with zero attached hydrogens (tertiary/aromatic N) is 1. The van der Waals surface area contributed by atoms with Gasteiger partial charge in [-0.2, -0.15) is 0 Å². The zero-order valence-electron chi connectivity index (χ0n) is 9.50. The van der Waals surface area contributed by atoms with E-state index in [2.05, 4.69) is 4.98 Å². The first-order valence-electron chi connectivity index (χ1n) is 5.23. The predicted molar refractivity (Wildman–Crippen MR) is 65.7 cm³/mol. The Hall–Kier alpha value is -2.07. The lowest BCUT2D eigenvalue weighted by Gasteiger charge is -2.12. The molecule has 4 nitrogen and oxygen atoms in total. The van der Waals surface area contributed by atoms with Crippen molar-refractivity contribution in [1.29, 1.82) is 0 Å². The second-order valence-corrected chi connectivity index (χ2v) is 3.73. The van der Waals surface area contributed by atoms with Gasteiger partial charge in [0, 0.05) is 17.4 Å². The molecule has 0 aliphatic heterocycles. The average molecular weight is 230 g/mol. The number of aliphatic hydroxyl groups is 1. The fraction of sp³-hybridized carbons (Fsp3) is 0.154.